The van der Waals surface area contributed by atoms with Crippen molar-refractivity contribution in [2.45, 2.75) is 6.42 Å². The summed E-state index contributed by atoms with van der Waals surface area (Å²) < 4.78 is 24.0. The third-order valence-corrected chi connectivity index (χ3v) is 2.92. The highest BCUT2D eigenvalue weighted by atomic mass is 32.2. The number of carboxylic acids is 1. The number of para-hydroxylation sites is 1. The van der Waals surface area contributed by atoms with E-state index in [4.69, 9.17) is 5.11 Å². The van der Waals surface area contributed by atoms with Crippen LogP contribution in [-0.2, 0) is 10.0 Å². The molecule has 0 aliphatic rings. The summed E-state index contributed by atoms with van der Waals surface area (Å²) in [4.78, 5) is 10.9. The zero-order chi connectivity index (χ0) is 13.6. The van der Waals surface area contributed by atoms with Gasteiger partial charge in [0.2, 0.25) is 10.0 Å². The number of nitrogens with one attached hydrogen (secondary N) is 2. The quantitative estimate of drug-likeness (QED) is 0.636. The van der Waals surface area contributed by atoms with Gasteiger partial charge < -0.3 is 10.4 Å². The zero-order valence-corrected chi connectivity index (χ0v) is 10.8. The van der Waals surface area contributed by atoms with Crippen LogP contribution in [0, 0.1) is 0 Å². The van der Waals surface area contributed by atoms with Crippen molar-refractivity contribution in [3.63, 3.8) is 0 Å². The normalized spacial score (nSPS) is 11.2. The van der Waals surface area contributed by atoms with Crippen molar-refractivity contribution >= 4 is 21.7 Å². The molecule has 18 heavy (non-hydrogen) atoms. The molecular weight excluding hydrogens is 256 g/mol. The molecule has 6 nitrogen and oxygen atoms in total. The highest BCUT2D eigenvalue weighted by Gasteiger charge is 2.07. The van der Waals surface area contributed by atoms with E-state index < -0.39 is 16.0 Å². The molecule has 0 aliphatic carbocycles. The fourth-order valence-electron chi connectivity index (χ4n) is 1.39. The lowest BCUT2D eigenvalue weighted by Gasteiger charge is -2.09. The Bertz CT molecular complexity index is 514. The van der Waals surface area contributed by atoms with Crippen LogP contribution < -0.4 is 10.0 Å². The van der Waals surface area contributed by atoms with Crippen LogP contribution in [0.25, 0.3) is 0 Å². The molecule has 0 unspecified atom stereocenters. The fraction of sp³-hybridized carbons (Fsp3) is 0.364. The van der Waals surface area contributed by atoms with Crippen LogP contribution in [-0.4, -0.2) is 38.8 Å². The number of hydrogen-bond acceptors (Lipinski definition) is 4. The van der Waals surface area contributed by atoms with Crippen molar-refractivity contribution in [3.05, 3.63) is 29.8 Å². The Morgan fingerprint density at radius 1 is 1.28 bits per heavy atom. The Balaban J connectivity index is 2.42. The molecule has 0 heterocycles. The first kappa shape index (κ1) is 14.5. The SMILES string of the molecule is CS(=O)(=O)NCCCNc1ccccc1C(=O)O. The van der Waals surface area contributed by atoms with Gasteiger partial charge in [0.1, 0.15) is 0 Å². The van der Waals surface area contributed by atoms with E-state index in [0.29, 0.717) is 25.2 Å². The Hall–Kier alpha value is -1.60. The molecule has 0 radical (unpaired) electrons. The van der Waals surface area contributed by atoms with Crippen LogP contribution in [0.3, 0.4) is 0 Å². The number of sulfonamides is 1. The van der Waals surface area contributed by atoms with E-state index in [1.165, 1.54) is 6.07 Å². The van der Waals surface area contributed by atoms with E-state index in [1.807, 2.05) is 0 Å². The minimum Gasteiger partial charge on any atom is -0.478 e. The maximum atomic E-state index is 10.9. The molecule has 1 aromatic rings. The van der Waals surface area contributed by atoms with Gasteiger partial charge in [0, 0.05) is 18.8 Å². The van der Waals surface area contributed by atoms with Gasteiger partial charge in [-0.3, -0.25) is 0 Å². The molecule has 0 atom stereocenters. The summed E-state index contributed by atoms with van der Waals surface area (Å²) in [5, 5.41) is 11.9. The molecule has 0 aromatic heterocycles. The summed E-state index contributed by atoms with van der Waals surface area (Å²) in [6.45, 7) is 0.813. The Labute approximate surface area is 106 Å². The van der Waals surface area contributed by atoms with Gasteiger partial charge in [0.05, 0.1) is 11.8 Å². The van der Waals surface area contributed by atoms with E-state index in [-0.39, 0.29) is 5.56 Å². The van der Waals surface area contributed by atoms with Crippen LogP contribution in [0.5, 0.6) is 0 Å². The summed E-state index contributed by atoms with van der Waals surface area (Å²) in [6, 6.07) is 6.58. The molecule has 7 heteroatoms. The second kappa shape index (κ2) is 6.36. The smallest absolute Gasteiger partial charge is 0.337 e. The first-order chi connectivity index (χ1) is 8.40. The highest BCUT2D eigenvalue weighted by molar-refractivity contribution is 7.88. The average molecular weight is 272 g/mol. The molecular formula is C11H16N2O4S. The van der Waals surface area contributed by atoms with Crippen LogP contribution in [0.4, 0.5) is 5.69 Å². The summed E-state index contributed by atoms with van der Waals surface area (Å²) in [7, 11) is -3.16. The van der Waals surface area contributed by atoms with Gasteiger partial charge in [0.15, 0.2) is 0 Å². The van der Waals surface area contributed by atoms with Crippen molar-refractivity contribution < 1.29 is 18.3 Å². The lowest BCUT2D eigenvalue weighted by atomic mass is 10.2. The van der Waals surface area contributed by atoms with Gasteiger partial charge in [-0.05, 0) is 18.6 Å². The van der Waals surface area contributed by atoms with E-state index >= 15 is 0 Å². The van der Waals surface area contributed by atoms with Crippen LogP contribution in [0.2, 0.25) is 0 Å². The van der Waals surface area contributed by atoms with Crippen LogP contribution in [0.1, 0.15) is 16.8 Å². The number of rotatable bonds is 7. The van der Waals surface area contributed by atoms with E-state index in [1.54, 1.807) is 18.2 Å². The largest absolute Gasteiger partial charge is 0.478 e. The molecule has 0 aliphatic heterocycles. The predicted octanol–water partition coefficient (Wildman–Crippen LogP) is 0.736. The summed E-state index contributed by atoms with van der Waals surface area (Å²) in [6.07, 6.45) is 1.67. The number of anilines is 1. The third-order valence-electron chi connectivity index (χ3n) is 2.19. The lowest BCUT2D eigenvalue weighted by Crippen LogP contribution is -2.24. The number of carbonyl (C=O) groups is 1. The molecule has 3 N–H and O–H groups in total. The third kappa shape index (κ3) is 5.15. The fourth-order valence-corrected chi connectivity index (χ4v) is 1.91. The van der Waals surface area contributed by atoms with Gasteiger partial charge in [0.25, 0.3) is 0 Å². The van der Waals surface area contributed by atoms with Crippen LogP contribution >= 0.6 is 0 Å². The van der Waals surface area contributed by atoms with E-state index in [2.05, 4.69) is 10.0 Å². The minimum atomic E-state index is -3.16. The van der Waals surface area contributed by atoms with Crippen LogP contribution in [0.15, 0.2) is 24.3 Å². The van der Waals surface area contributed by atoms with Crippen molar-refractivity contribution in [3.8, 4) is 0 Å². The molecule has 0 saturated heterocycles. The van der Waals surface area contributed by atoms with E-state index in [0.717, 1.165) is 6.26 Å². The molecule has 100 valence electrons. The standard InChI is InChI=1S/C11H16N2O4S/c1-18(16,17)13-8-4-7-12-10-6-3-2-5-9(10)11(14)15/h2-3,5-6,12-13H,4,7-8H2,1H3,(H,14,15). The maximum Gasteiger partial charge on any atom is 0.337 e. The number of benzene rings is 1. The number of hydrogen-bond donors (Lipinski definition) is 3. The minimum absolute atomic E-state index is 0.202. The second-order valence-electron chi connectivity index (χ2n) is 3.80. The zero-order valence-electron chi connectivity index (χ0n) is 10.0. The molecule has 0 amide bonds. The Kier molecular flexibility index (Phi) is 5.11. The highest BCUT2D eigenvalue weighted by Crippen LogP contribution is 2.14. The maximum absolute atomic E-state index is 10.9. The molecule has 1 rings (SSSR count). The topological polar surface area (TPSA) is 95.5 Å². The van der Waals surface area contributed by atoms with Gasteiger partial charge in [-0.2, -0.15) is 0 Å². The molecule has 0 spiro atoms. The predicted molar refractivity (Wildman–Crippen MR) is 69.4 cm³/mol. The van der Waals surface area contributed by atoms with Gasteiger partial charge >= 0.3 is 5.97 Å². The van der Waals surface area contributed by atoms with Gasteiger partial charge in [-0.25, -0.2) is 17.9 Å². The summed E-state index contributed by atoms with van der Waals surface area (Å²) in [5.74, 6) is -0.993. The number of carboxylic acid groups (broad SMARTS) is 1. The van der Waals surface area contributed by atoms with E-state index in [9.17, 15) is 13.2 Å². The molecule has 1 aromatic carbocycles. The molecule has 0 saturated carbocycles. The molecule has 0 bridgehead atoms. The average Bonchev–Trinajstić information content (AvgIpc) is 2.27. The van der Waals surface area contributed by atoms with Crippen molar-refractivity contribution in [2.75, 3.05) is 24.7 Å². The first-order valence-corrected chi connectivity index (χ1v) is 7.30. The van der Waals surface area contributed by atoms with Crippen molar-refractivity contribution in [1.82, 2.24) is 4.72 Å². The second-order valence-corrected chi connectivity index (χ2v) is 5.63. The molecule has 0 fully saturated rings. The summed E-state index contributed by atoms with van der Waals surface area (Å²) in [5.41, 5.74) is 0.734. The summed E-state index contributed by atoms with van der Waals surface area (Å²) >= 11 is 0. The van der Waals surface area contributed by atoms with Gasteiger partial charge in [-0.15, -0.1) is 0 Å². The Morgan fingerprint density at radius 3 is 2.56 bits per heavy atom. The van der Waals surface area contributed by atoms with Crippen molar-refractivity contribution in [1.29, 1.82) is 0 Å². The lowest BCUT2D eigenvalue weighted by molar-refractivity contribution is 0.0698. The first-order valence-electron chi connectivity index (χ1n) is 5.41. The monoisotopic (exact) mass is 272 g/mol. The van der Waals surface area contributed by atoms with Gasteiger partial charge in [-0.1, -0.05) is 12.1 Å². The van der Waals surface area contributed by atoms with Crippen molar-refractivity contribution in [2.24, 2.45) is 0 Å². The number of aromatic carboxylic acids is 1. The Morgan fingerprint density at radius 2 is 1.94 bits per heavy atom.